The van der Waals surface area contributed by atoms with Gasteiger partial charge in [-0.25, -0.2) is 0 Å². The van der Waals surface area contributed by atoms with Crippen molar-refractivity contribution in [1.29, 1.82) is 0 Å². The van der Waals surface area contributed by atoms with Crippen LogP contribution in [0.1, 0.15) is 11.1 Å². The second-order valence-corrected chi connectivity index (χ2v) is 9.37. The SMILES string of the molecule is COCCN1C(=O)S/C(=C/c2cc(Br)c(OCc3ccc(I)cc3)c(OC)c2)C1=O. The lowest BCUT2D eigenvalue weighted by Crippen LogP contribution is -2.31. The number of hydrogen-bond donors (Lipinski definition) is 0. The molecule has 158 valence electrons. The van der Waals surface area contributed by atoms with Crippen molar-refractivity contribution in [2.75, 3.05) is 27.4 Å². The molecule has 1 heterocycles. The number of nitrogens with zero attached hydrogens (tertiary/aromatic N) is 1. The van der Waals surface area contributed by atoms with E-state index in [9.17, 15) is 9.59 Å². The van der Waals surface area contributed by atoms with Crippen molar-refractivity contribution in [3.05, 3.63) is 60.5 Å². The third kappa shape index (κ3) is 5.57. The van der Waals surface area contributed by atoms with Crippen molar-refractivity contribution in [3.8, 4) is 11.5 Å². The predicted octanol–water partition coefficient (Wildman–Crippen LogP) is 5.32. The normalized spacial score (nSPS) is 15.2. The maximum atomic E-state index is 12.5. The first-order valence-corrected chi connectivity index (χ1v) is 11.6. The maximum absolute atomic E-state index is 12.5. The minimum absolute atomic E-state index is 0.233. The standard InChI is InChI=1S/C21H19BrINO5S/c1-27-8-7-24-20(25)18(30-21(24)26)11-14-9-16(22)19(17(10-14)28-2)29-12-13-3-5-15(23)6-4-13/h3-6,9-11H,7-8,12H2,1-2H3/b18-11+. The van der Waals surface area contributed by atoms with Gasteiger partial charge in [-0.1, -0.05) is 12.1 Å². The fraction of sp³-hybridized carbons (Fsp3) is 0.238. The first-order valence-electron chi connectivity index (χ1n) is 8.92. The number of hydrogen-bond acceptors (Lipinski definition) is 6. The molecule has 2 aromatic carbocycles. The van der Waals surface area contributed by atoms with Crippen LogP contribution in [0.25, 0.3) is 6.08 Å². The number of amides is 2. The van der Waals surface area contributed by atoms with Gasteiger partial charge in [0.1, 0.15) is 6.61 Å². The Kier molecular flexibility index (Phi) is 8.20. The Bertz CT molecular complexity index is 980. The third-order valence-electron chi connectivity index (χ3n) is 4.24. The van der Waals surface area contributed by atoms with Gasteiger partial charge in [-0.3, -0.25) is 14.5 Å². The first kappa shape index (κ1) is 23.1. The number of halogens is 2. The van der Waals surface area contributed by atoms with Gasteiger partial charge in [-0.05, 0) is 91.8 Å². The van der Waals surface area contributed by atoms with Crippen molar-refractivity contribution >= 4 is 67.5 Å². The molecular formula is C21H19BrINO5S. The van der Waals surface area contributed by atoms with Crippen molar-refractivity contribution in [1.82, 2.24) is 4.90 Å². The Morgan fingerprint density at radius 2 is 1.90 bits per heavy atom. The number of benzene rings is 2. The summed E-state index contributed by atoms with van der Waals surface area (Å²) in [7, 11) is 3.09. The molecule has 1 aliphatic heterocycles. The number of carbonyl (C=O) groups is 2. The minimum atomic E-state index is -0.323. The fourth-order valence-corrected chi connectivity index (χ4v) is 4.52. The van der Waals surface area contributed by atoms with Crippen LogP contribution < -0.4 is 9.47 Å². The predicted molar refractivity (Wildman–Crippen MR) is 129 cm³/mol. The van der Waals surface area contributed by atoms with Crippen molar-refractivity contribution in [2.45, 2.75) is 6.61 Å². The third-order valence-corrected chi connectivity index (χ3v) is 6.45. The lowest BCUT2D eigenvalue weighted by atomic mass is 10.1. The molecule has 0 spiro atoms. The van der Waals surface area contributed by atoms with Crippen LogP contribution in [-0.2, 0) is 16.1 Å². The highest BCUT2D eigenvalue weighted by Gasteiger charge is 2.34. The monoisotopic (exact) mass is 603 g/mol. The zero-order chi connectivity index (χ0) is 21.7. The molecule has 2 aromatic rings. The van der Waals surface area contributed by atoms with Crippen molar-refractivity contribution in [3.63, 3.8) is 0 Å². The van der Waals surface area contributed by atoms with E-state index in [-0.39, 0.29) is 17.7 Å². The summed E-state index contributed by atoms with van der Waals surface area (Å²) in [6.45, 7) is 0.928. The average molecular weight is 604 g/mol. The van der Waals surface area contributed by atoms with Gasteiger partial charge >= 0.3 is 0 Å². The molecule has 0 aromatic heterocycles. The molecule has 0 radical (unpaired) electrons. The van der Waals surface area contributed by atoms with Gasteiger partial charge in [0.2, 0.25) is 0 Å². The van der Waals surface area contributed by atoms with E-state index in [4.69, 9.17) is 14.2 Å². The molecule has 2 amide bonds. The van der Waals surface area contributed by atoms with Gasteiger partial charge < -0.3 is 14.2 Å². The Labute approximate surface area is 201 Å². The molecule has 1 fully saturated rings. The number of carbonyl (C=O) groups excluding carboxylic acids is 2. The smallest absolute Gasteiger partial charge is 0.293 e. The van der Waals surface area contributed by atoms with Crippen LogP contribution in [0, 0.1) is 3.57 Å². The van der Waals surface area contributed by atoms with Gasteiger partial charge in [0, 0.05) is 10.7 Å². The number of rotatable bonds is 8. The summed E-state index contributed by atoms with van der Waals surface area (Å²) in [4.78, 5) is 26.1. The Hall–Kier alpha value is -1.56. The Morgan fingerprint density at radius 3 is 2.57 bits per heavy atom. The van der Waals surface area contributed by atoms with E-state index in [0.29, 0.717) is 34.1 Å². The summed E-state index contributed by atoms with van der Waals surface area (Å²) in [6, 6.07) is 11.7. The van der Waals surface area contributed by atoms with Crippen LogP contribution in [0.2, 0.25) is 0 Å². The fourth-order valence-electron chi connectivity index (χ4n) is 2.73. The highest BCUT2D eigenvalue weighted by atomic mass is 127. The second kappa shape index (κ2) is 10.7. The van der Waals surface area contributed by atoms with Crippen LogP contribution in [0.3, 0.4) is 0 Å². The Morgan fingerprint density at radius 1 is 1.17 bits per heavy atom. The number of ether oxygens (including phenoxy) is 3. The first-order chi connectivity index (χ1) is 14.4. The molecule has 30 heavy (non-hydrogen) atoms. The zero-order valence-electron chi connectivity index (χ0n) is 16.3. The van der Waals surface area contributed by atoms with Gasteiger partial charge in [0.25, 0.3) is 11.1 Å². The van der Waals surface area contributed by atoms with E-state index in [0.717, 1.165) is 26.5 Å². The zero-order valence-corrected chi connectivity index (χ0v) is 20.9. The van der Waals surface area contributed by atoms with E-state index in [2.05, 4.69) is 38.5 Å². The quantitative estimate of drug-likeness (QED) is 0.300. The summed E-state index contributed by atoms with van der Waals surface area (Å²) in [6.07, 6.45) is 1.67. The van der Waals surface area contributed by atoms with Crippen LogP contribution >= 0.6 is 50.3 Å². The van der Waals surface area contributed by atoms with E-state index in [1.165, 1.54) is 12.0 Å². The van der Waals surface area contributed by atoms with Crippen molar-refractivity contribution in [2.24, 2.45) is 0 Å². The maximum Gasteiger partial charge on any atom is 0.293 e. The van der Waals surface area contributed by atoms with E-state index in [1.54, 1.807) is 19.3 Å². The molecule has 0 aliphatic carbocycles. The highest BCUT2D eigenvalue weighted by Crippen LogP contribution is 2.39. The number of thioether (sulfide) groups is 1. The molecule has 0 unspecified atom stereocenters. The molecule has 1 saturated heterocycles. The molecule has 0 N–H and O–H groups in total. The summed E-state index contributed by atoms with van der Waals surface area (Å²) in [5.41, 5.74) is 1.76. The van der Waals surface area contributed by atoms with Gasteiger partial charge in [0.05, 0.1) is 29.6 Å². The molecule has 1 aliphatic rings. The van der Waals surface area contributed by atoms with Crippen molar-refractivity contribution < 1.29 is 23.8 Å². The molecule has 9 heteroatoms. The van der Waals surface area contributed by atoms with E-state index in [1.807, 2.05) is 30.3 Å². The Balaban J connectivity index is 1.79. The summed E-state index contributed by atoms with van der Waals surface area (Å²) < 4.78 is 18.3. The van der Waals surface area contributed by atoms with Crippen LogP contribution in [0.4, 0.5) is 4.79 Å². The van der Waals surface area contributed by atoms with Gasteiger partial charge in [0.15, 0.2) is 11.5 Å². The largest absolute Gasteiger partial charge is 0.493 e. The molecule has 0 atom stereocenters. The van der Waals surface area contributed by atoms with Crippen LogP contribution in [0.5, 0.6) is 11.5 Å². The summed E-state index contributed by atoms with van der Waals surface area (Å²) in [5, 5.41) is -0.299. The number of imide groups is 1. The molecule has 0 bridgehead atoms. The molecular weight excluding hydrogens is 585 g/mol. The van der Waals surface area contributed by atoms with Crippen LogP contribution in [-0.4, -0.2) is 43.4 Å². The van der Waals surface area contributed by atoms with Gasteiger partial charge in [-0.15, -0.1) is 0 Å². The molecule has 0 saturated carbocycles. The van der Waals surface area contributed by atoms with E-state index < -0.39 is 0 Å². The summed E-state index contributed by atoms with van der Waals surface area (Å²) >= 11 is 6.70. The van der Waals surface area contributed by atoms with Crippen LogP contribution in [0.15, 0.2) is 45.8 Å². The molecule has 6 nitrogen and oxygen atoms in total. The lowest BCUT2D eigenvalue weighted by Gasteiger charge is -2.14. The van der Waals surface area contributed by atoms with E-state index >= 15 is 0 Å². The topological polar surface area (TPSA) is 65.1 Å². The minimum Gasteiger partial charge on any atom is -0.493 e. The lowest BCUT2D eigenvalue weighted by molar-refractivity contribution is -0.123. The average Bonchev–Trinajstić information content (AvgIpc) is 2.99. The molecule has 3 rings (SSSR count). The number of methoxy groups -OCH3 is 2. The van der Waals surface area contributed by atoms with Gasteiger partial charge in [-0.2, -0.15) is 0 Å². The summed E-state index contributed by atoms with van der Waals surface area (Å²) in [5.74, 6) is 0.775. The second-order valence-electron chi connectivity index (χ2n) is 6.28. The highest BCUT2D eigenvalue weighted by molar-refractivity contribution is 14.1.